The molecular formula is C19H19NO3. The molecule has 1 heterocycles. The van der Waals surface area contributed by atoms with Gasteiger partial charge in [0.1, 0.15) is 0 Å². The number of nitrogens with zero attached hydrogens (tertiary/aromatic N) is 1. The van der Waals surface area contributed by atoms with E-state index < -0.39 is 5.92 Å². The van der Waals surface area contributed by atoms with E-state index in [-0.39, 0.29) is 18.3 Å². The molecule has 0 aliphatic carbocycles. The molecule has 1 aliphatic heterocycles. The van der Waals surface area contributed by atoms with E-state index in [1.807, 2.05) is 54.6 Å². The highest BCUT2D eigenvalue weighted by atomic mass is 16.5. The Kier molecular flexibility index (Phi) is 4.42. The third-order valence-electron chi connectivity index (χ3n) is 4.03. The minimum Gasteiger partial charge on any atom is -0.466 e. The monoisotopic (exact) mass is 309 g/mol. The highest BCUT2D eigenvalue weighted by molar-refractivity contribution is 6.06. The van der Waals surface area contributed by atoms with Crippen molar-refractivity contribution < 1.29 is 14.3 Å². The summed E-state index contributed by atoms with van der Waals surface area (Å²) in [6.07, 6.45) is 0.0922. The summed E-state index contributed by atoms with van der Waals surface area (Å²) in [4.78, 5) is 26.4. The van der Waals surface area contributed by atoms with Gasteiger partial charge in [0.25, 0.3) is 0 Å². The number of carbonyl (C=O) groups excluding carboxylic acids is 2. The van der Waals surface area contributed by atoms with Crippen molar-refractivity contribution in [3.8, 4) is 0 Å². The van der Waals surface area contributed by atoms with E-state index in [2.05, 4.69) is 0 Å². The molecule has 23 heavy (non-hydrogen) atoms. The standard InChI is InChI=1S/C19H19NO3/c1-2-23-18(21)12-16-15-10-6-7-11-17(15)20(19(16)22)13-14-8-4-3-5-9-14/h3-11,16H,2,12-13H2,1H3. The van der Waals surface area contributed by atoms with Gasteiger partial charge in [-0.2, -0.15) is 0 Å². The Hall–Kier alpha value is -2.62. The first-order valence-electron chi connectivity index (χ1n) is 7.80. The third-order valence-corrected chi connectivity index (χ3v) is 4.03. The van der Waals surface area contributed by atoms with Crippen LogP contribution in [0.3, 0.4) is 0 Å². The Balaban J connectivity index is 1.87. The number of carbonyl (C=O) groups is 2. The molecule has 0 saturated carbocycles. The molecule has 0 bridgehead atoms. The highest BCUT2D eigenvalue weighted by Gasteiger charge is 2.38. The summed E-state index contributed by atoms with van der Waals surface area (Å²) in [5.41, 5.74) is 2.85. The van der Waals surface area contributed by atoms with Crippen molar-refractivity contribution in [1.82, 2.24) is 0 Å². The summed E-state index contributed by atoms with van der Waals surface area (Å²) in [6.45, 7) is 2.61. The second kappa shape index (κ2) is 6.65. The largest absolute Gasteiger partial charge is 0.466 e. The van der Waals surface area contributed by atoms with Crippen molar-refractivity contribution >= 4 is 17.6 Å². The van der Waals surface area contributed by atoms with Crippen molar-refractivity contribution in [3.05, 3.63) is 65.7 Å². The Morgan fingerprint density at radius 3 is 2.52 bits per heavy atom. The quantitative estimate of drug-likeness (QED) is 0.796. The molecule has 0 aromatic heterocycles. The molecule has 118 valence electrons. The number of amides is 1. The van der Waals surface area contributed by atoms with Crippen LogP contribution in [0.4, 0.5) is 5.69 Å². The summed E-state index contributed by atoms with van der Waals surface area (Å²) in [7, 11) is 0. The Bertz CT molecular complexity index is 712. The van der Waals surface area contributed by atoms with Gasteiger partial charge in [0.15, 0.2) is 0 Å². The van der Waals surface area contributed by atoms with Gasteiger partial charge in [-0.3, -0.25) is 9.59 Å². The molecule has 0 fully saturated rings. The summed E-state index contributed by atoms with van der Waals surface area (Å²) in [6, 6.07) is 17.5. The third kappa shape index (κ3) is 3.11. The zero-order chi connectivity index (χ0) is 16.2. The van der Waals surface area contributed by atoms with Gasteiger partial charge >= 0.3 is 5.97 Å². The van der Waals surface area contributed by atoms with Gasteiger partial charge in [-0.05, 0) is 24.1 Å². The van der Waals surface area contributed by atoms with Crippen molar-refractivity contribution in [3.63, 3.8) is 0 Å². The van der Waals surface area contributed by atoms with E-state index in [0.717, 1.165) is 16.8 Å². The second-order valence-electron chi connectivity index (χ2n) is 5.53. The summed E-state index contributed by atoms with van der Waals surface area (Å²) < 4.78 is 5.01. The Morgan fingerprint density at radius 1 is 1.09 bits per heavy atom. The summed E-state index contributed by atoms with van der Waals surface area (Å²) in [5.74, 6) is -0.820. The van der Waals surface area contributed by atoms with E-state index in [4.69, 9.17) is 4.74 Å². The van der Waals surface area contributed by atoms with Crippen LogP contribution < -0.4 is 4.90 Å². The number of hydrogen-bond acceptors (Lipinski definition) is 3. The smallest absolute Gasteiger partial charge is 0.306 e. The fourth-order valence-electron chi connectivity index (χ4n) is 2.98. The highest BCUT2D eigenvalue weighted by Crippen LogP contribution is 2.39. The maximum absolute atomic E-state index is 12.8. The molecular weight excluding hydrogens is 290 g/mol. The maximum atomic E-state index is 12.8. The number of hydrogen-bond donors (Lipinski definition) is 0. The molecule has 4 heteroatoms. The predicted octanol–water partition coefficient (Wildman–Crippen LogP) is 3.27. The number of para-hydroxylation sites is 1. The van der Waals surface area contributed by atoms with Crippen LogP contribution >= 0.6 is 0 Å². The molecule has 0 spiro atoms. The van der Waals surface area contributed by atoms with E-state index in [1.54, 1.807) is 11.8 Å². The normalized spacial score (nSPS) is 16.3. The van der Waals surface area contributed by atoms with Gasteiger partial charge in [-0.15, -0.1) is 0 Å². The van der Waals surface area contributed by atoms with Crippen LogP contribution in [0.1, 0.15) is 30.4 Å². The van der Waals surface area contributed by atoms with Gasteiger partial charge in [-0.25, -0.2) is 0 Å². The van der Waals surface area contributed by atoms with Crippen LogP contribution in [0.15, 0.2) is 54.6 Å². The van der Waals surface area contributed by atoms with Gasteiger partial charge < -0.3 is 9.64 Å². The number of rotatable bonds is 5. The first-order chi connectivity index (χ1) is 11.2. The van der Waals surface area contributed by atoms with E-state index >= 15 is 0 Å². The van der Waals surface area contributed by atoms with Crippen LogP contribution in [-0.4, -0.2) is 18.5 Å². The lowest BCUT2D eigenvalue weighted by Gasteiger charge is -2.18. The van der Waals surface area contributed by atoms with Gasteiger partial charge in [0.2, 0.25) is 5.91 Å². The van der Waals surface area contributed by atoms with E-state index in [0.29, 0.717) is 13.2 Å². The number of benzene rings is 2. The van der Waals surface area contributed by atoms with Crippen molar-refractivity contribution in [2.45, 2.75) is 25.8 Å². The molecule has 1 aliphatic rings. The molecule has 0 N–H and O–H groups in total. The zero-order valence-corrected chi connectivity index (χ0v) is 13.1. The molecule has 1 amide bonds. The van der Waals surface area contributed by atoms with Gasteiger partial charge in [0.05, 0.1) is 25.5 Å². The number of fused-ring (bicyclic) bond motifs is 1. The molecule has 2 aromatic rings. The van der Waals surface area contributed by atoms with Crippen molar-refractivity contribution in [2.24, 2.45) is 0 Å². The first kappa shape index (κ1) is 15.3. The minimum atomic E-state index is -0.450. The van der Waals surface area contributed by atoms with Crippen molar-refractivity contribution in [1.29, 1.82) is 0 Å². The molecule has 1 atom stereocenters. The SMILES string of the molecule is CCOC(=O)CC1C(=O)N(Cc2ccccc2)c2ccccc21. The van der Waals surface area contributed by atoms with Crippen LogP contribution in [0.5, 0.6) is 0 Å². The molecule has 0 radical (unpaired) electrons. The minimum absolute atomic E-state index is 0.0388. The number of ether oxygens (including phenoxy) is 1. The lowest BCUT2D eigenvalue weighted by Crippen LogP contribution is -2.29. The molecule has 1 unspecified atom stereocenters. The fourth-order valence-corrected chi connectivity index (χ4v) is 2.98. The van der Waals surface area contributed by atoms with Gasteiger partial charge in [0, 0.05) is 5.69 Å². The van der Waals surface area contributed by atoms with Gasteiger partial charge in [-0.1, -0.05) is 48.5 Å². The zero-order valence-electron chi connectivity index (χ0n) is 13.1. The number of anilines is 1. The second-order valence-corrected chi connectivity index (χ2v) is 5.53. The summed E-state index contributed by atoms with van der Waals surface area (Å²) >= 11 is 0. The lowest BCUT2D eigenvalue weighted by molar-refractivity contribution is -0.144. The molecule has 4 nitrogen and oxygen atoms in total. The fraction of sp³-hybridized carbons (Fsp3) is 0.263. The average molecular weight is 309 g/mol. The van der Waals surface area contributed by atoms with E-state index in [1.165, 1.54) is 0 Å². The van der Waals surface area contributed by atoms with E-state index in [9.17, 15) is 9.59 Å². The van der Waals surface area contributed by atoms with Crippen molar-refractivity contribution in [2.75, 3.05) is 11.5 Å². The lowest BCUT2D eigenvalue weighted by atomic mass is 9.97. The summed E-state index contributed by atoms with van der Waals surface area (Å²) in [5, 5.41) is 0. The topological polar surface area (TPSA) is 46.6 Å². The maximum Gasteiger partial charge on any atom is 0.306 e. The Labute approximate surface area is 135 Å². The predicted molar refractivity (Wildman–Crippen MR) is 88.1 cm³/mol. The molecule has 2 aromatic carbocycles. The van der Waals surface area contributed by atoms with Crippen LogP contribution in [0.25, 0.3) is 0 Å². The van der Waals surface area contributed by atoms with Crippen LogP contribution in [-0.2, 0) is 20.9 Å². The number of esters is 1. The van der Waals surface area contributed by atoms with Crippen LogP contribution in [0, 0.1) is 0 Å². The first-order valence-corrected chi connectivity index (χ1v) is 7.80. The molecule has 3 rings (SSSR count). The molecule has 0 saturated heterocycles. The average Bonchev–Trinajstić information content (AvgIpc) is 2.82. The van der Waals surface area contributed by atoms with Crippen LogP contribution in [0.2, 0.25) is 0 Å². The Morgan fingerprint density at radius 2 is 1.78 bits per heavy atom.